The van der Waals surface area contributed by atoms with Crippen LogP contribution in [0.25, 0.3) is 27.8 Å². The number of aromatic nitrogens is 7. The van der Waals surface area contributed by atoms with Gasteiger partial charge in [0, 0.05) is 25.3 Å². The summed E-state index contributed by atoms with van der Waals surface area (Å²) in [6, 6.07) is 11.8. The van der Waals surface area contributed by atoms with E-state index in [1.807, 2.05) is 45.5 Å². The van der Waals surface area contributed by atoms with Gasteiger partial charge in [-0.15, -0.1) is 5.92 Å². The zero-order chi connectivity index (χ0) is 25.4. The van der Waals surface area contributed by atoms with Crippen LogP contribution < -0.4 is 16.2 Å². The predicted octanol–water partition coefficient (Wildman–Crippen LogP) is 2.33. The summed E-state index contributed by atoms with van der Waals surface area (Å²) >= 11 is 0. The molecule has 6 rings (SSSR count). The summed E-state index contributed by atoms with van der Waals surface area (Å²) in [7, 11) is 0. The smallest absolute Gasteiger partial charge is 0.293 e. The van der Waals surface area contributed by atoms with Gasteiger partial charge in [-0.25, -0.2) is 14.6 Å². The number of rotatable bonds is 5. The number of para-hydroxylation sites is 2. The molecule has 0 amide bonds. The fourth-order valence-electron chi connectivity index (χ4n) is 5.02. The third kappa shape index (κ3) is 4.13. The van der Waals surface area contributed by atoms with E-state index in [0.717, 1.165) is 36.1 Å². The first-order valence-corrected chi connectivity index (χ1v) is 12.4. The van der Waals surface area contributed by atoms with Gasteiger partial charge in [0.05, 0.1) is 35.7 Å². The minimum absolute atomic E-state index is 0.0783. The number of hydrogen-bond donors (Lipinski definition) is 1. The first-order chi connectivity index (χ1) is 18.1. The Hall–Kier alpha value is -4.49. The van der Waals surface area contributed by atoms with E-state index < -0.39 is 0 Å². The Bertz CT molecular complexity index is 1700. The Morgan fingerprint density at radius 3 is 2.81 bits per heavy atom. The van der Waals surface area contributed by atoms with Crippen LogP contribution in [-0.4, -0.2) is 53.0 Å². The average molecular weight is 494 g/mol. The molecule has 1 aliphatic rings. The number of imidazole rings is 2. The molecule has 10 nitrogen and oxygen atoms in total. The zero-order valence-corrected chi connectivity index (χ0v) is 20.6. The number of hydrogen-bond acceptors (Lipinski definition) is 7. The number of piperidine rings is 1. The van der Waals surface area contributed by atoms with Crippen molar-refractivity contribution in [3.05, 3.63) is 71.2 Å². The van der Waals surface area contributed by atoms with E-state index in [0.29, 0.717) is 35.9 Å². The fourth-order valence-corrected chi connectivity index (χ4v) is 5.02. The molecule has 1 saturated heterocycles. The Balaban J connectivity index is 1.48. The molecule has 0 saturated carbocycles. The quantitative estimate of drug-likeness (QED) is 0.374. The molecule has 37 heavy (non-hydrogen) atoms. The van der Waals surface area contributed by atoms with Crippen molar-refractivity contribution < 1.29 is 0 Å². The summed E-state index contributed by atoms with van der Waals surface area (Å²) in [5, 5.41) is 4.48. The van der Waals surface area contributed by atoms with Crippen molar-refractivity contribution in [1.29, 1.82) is 0 Å². The van der Waals surface area contributed by atoms with Crippen LogP contribution in [0.1, 0.15) is 25.6 Å². The molecule has 0 radical (unpaired) electrons. The van der Waals surface area contributed by atoms with E-state index in [9.17, 15) is 4.79 Å². The summed E-state index contributed by atoms with van der Waals surface area (Å²) in [5.74, 6) is 7.44. The van der Waals surface area contributed by atoms with Gasteiger partial charge in [-0.3, -0.25) is 18.9 Å². The van der Waals surface area contributed by atoms with Gasteiger partial charge in [-0.1, -0.05) is 18.1 Å². The first-order valence-electron chi connectivity index (χ1n) is 12.4. The number of fused-ring (bicyclic) bond motifs is 2. The molecule has 1 atom stereocenters. The Morgan fingerprint density at radius 1 is 1.11 bits per heavy atom. The molecule has 5 heterocycles. The maximum Gasteiger partial charge on any atom is 0.293 e. The maximum atomic E-state index is 13.8. The second kappa shape index (κ2) is 9.52. The van der Waals surface area contributed by atoms with Crippen LogP contribution >= 0.6 is 0 Å². The number of pyridine rings is 1. The molecule has 2 N–H and O–H groups in total. The summed E-state index contributed by atoms with van der Waals surface area (Å²) in [6.07, 6.45) is 7.13. The zero-order valence-electron chi connectivity index (χ0n) is 20.6. The van der Waals surface area contributed by atoms with Crippen LogP contribution in [0.3, 0.4) is 0 Å². The van der Waals surface area contributed by atoms with Crippen LogP contribution in [0.2, 0.25) is 0 Å². The fraction of sp³-hybridized carbons (Fsp3) is 0.296. The maximum absolute atomic E-state index is 13.8. The first kappa shape index (κ1) is 22.9. The molecule has 0 bridgehead atoms. The van der Waals surface area contributed by atoms with Gasteiger partial charge < -0.3 is 10.6 Å². The predicted molar refractivity (Wildman–Crippen MR) is 143 cm³/mol. The summed E-state index contributed by atoms with van der Waals surface area (Å²) in [4.78, 5) is 29.9. The number of anilines is 1. The molecule has 1 aliphatic heterocycles. The van der Waals surface area contributed by atoms with Crippen molar-refractivity contribution in [3.8, 4) is 17.5 Å². The van der Waals surface area contributed by atoms with Crippen molar-refractivity contribution in [2.45, 2.75) is 38.9 Å². The summed E-state index contributed by atoms with van der Waals surface area (Å²) in [6.45, 7) is 3.87. The second-order valence-electron chi connectivity index (χ2n) is 9.18. The van der Waals surface area contributed by atoms with Crippen LogP contribution in [0, 0.1) is 11.8 Å². The van der Waals surface area contributed by atoms with Crippen molar-refractivity contribution in [2.24, 2.45) is 5.73 Å². The number of nitrogens with zero attached hydrogens (tertiary/aromatic N) is 8. The number of benzene rings is 1. The molecule has 0 unspecified atom stereocenters. The summed E-state index contributed by atoms with van der Waals surface area (Å²) in [5.41, 5.74) is 9.68. The minimum atomic E-state index is -0.236. The lowest BCUT2D eigenvalue weighted by atomic mass is 10.1. The summed E-state index contributed by atoms with van der Waals surface area (Å²) < 4.78 is 5.36. The molecule has 10 heteroatoms. The van der Waals surface area contributed by atoms with Crippen molar-refractivity contribution in [1.82, 2.24) is 33.9 Å². The third-order valence-corrected chi connectivity index (χ3v) is 6.71. The molecule has 5 aromatic rings. The lowest BCUT2D eigenvalue weighted by Gasteiger charge is -2.31. The van der Waals surface area contributed by atoms with Gasteiger partial charge >= 0.3 is 0 Å². The largest absolute Gasteiger partial charge is 0.341 e. The Labute approximate surface area is 213 Å². The monoisotopic (exact) mass is 493 g/mol. The van der Waals surface area contributed by atoms with Crippen molar-refractivity contribution in [2.75, 3.05) is 18.0 Å². The SMILES string of the molecule is CC#CCn1c(N2CCC[C@@H](N)C2)nc2cnn(Cc3nc4ccccc4n3-c3cccnc3)c(=O)c21. The Kier molecular flexibility index (Phi) is 5.90. The highest BCUT2D eigenvalue weighted by molar-refractivity contribution is 5.79. The van der Waals surface area contributed by atoms with E-state index in [1.54, 1.807) is 25.5 Å². The number of nitrogens with two attached hydrogens (primary N) is 1. The van der Waals surface area contributed by atoms with E-state index in [2.05, 4.69) is 26.8 Å². The van der Waals surface area contributed by atoms with Gasteiger partial charge in [0.15, 0.2) is 0 Å². The highest BCUT2D eigenvalue weighted by Crippen LogP contribution is 2.24. The van der Waals surface area contributed by atoms with Gasteiger partial charge in [-0.2, -0.15) is 5.10 Å². The van der Waals surface area contributed by atoms with Crippen LogP contribution in [0.15, 0.2) is 59.8 Å². The van der Waals surface area contributed by atoms with Gasteiger partial charge in [-0.05, 0) is 44.0 Å². The van der Waals surface area contributed by atoms with Crippen LogP contribution in [-0.2, 0) is 13.1 Å². The third-order valence-electron chi connectivity index (χ3n) is 6.71. The van der Waals surface area contributed by atoms with E-state index in [1.165, 1.54) is 4.68 Å². The van der Waals surface area contributed by atoms with Crippen molar-refractivity contribution in [3.63, 3.8) is 0 Å². The average Bonchev–Trinajstić information content (AvgIpc) is 3.48. The van der Waals surface area contributed by atoms with Gasteiger partial charge in [0.2, 0.25) is 5.95 Å². The topological polar surface area (TPSA) is 113 Å². The second-order valence-corrected chi connectivity index (χ2v) is 9.18. The van der Waals surface area contributed by atoms with Crippen LogP contribution in [0.4, 0.5) is 5.95 Å². The van der Waals surface area contributed by atoms with Gasteiger partial charge in [0.25, 0.3) is 5.56 Å². The van der Waals surface area contributed by atoms with Crippen LogP contribution in [0.5, 0.6) is 0 Å². The minimum Gasteiger partial charge on any atom is -0.341 e. The molecule has 0 aliphatic carbocycles. The Morgan fingerprint density at radius 2 is 2.00 bits per heavy atom. The van der Waals surface area contributed by atoms with Gasteiger partial charge in [0.1, 0.15) is 23.4 Å². The molecule has 1 aromatic carbocycles. The van der Waals surface area contributed by atoms with E-state index >= 15 is 0 Å². The molecule has 0 spiro atoms. The van der Waals surface area contributed by atoms with Crippen molar-refractivity contribution >= 4 is 28.0 Å². The molecule has 4 aromatic heterocycles. The lowest BCUT2D eigenvalue weighted by molar-refractivity contribution is 0.496. The molecular formula is C27H27N9O. The standard InChI is InChI=1S/C27H27N9O/c1-2-3-14-34-25-22(32-27(34)33-13-7-8-19(28)17-33)16-30-35(26(25)37)18-24-31-21-10-4-5-11-23(21)36(24)20-9-6-12-29-15-20/h4-6,9-12,15-16,19H,7-8,13-14,17-18,28H2,1H3/t19-/m1/s1. The normalized spacial score (nSPS) is 15.7. The lowest BCUT2D eigenvalue weighted by Crippen LogP contribution is -2.44. The molecular weight excluding hydrogens is 466 g/mol. The van der Waals surface area contributed by atoms with E-state index in [4.69, 9.17) is 15.7 Å². The molecule has 1 fully saturated rings. The highest BCUT2D eigenvalue weighted by Gasteiger charge is 2.25. The van der Waals surface area contributed by atoms with E-state index in [-0.39, 0.29) is 18.1 Å². The molecule has 186 valence electrons. The highest BCUT2D eigenvalue weighted by atomic mass is 16.1.